The molecule has 0 saturated carbocycles. The van der Waals surface area contributed by atoms with Gasteiger partial charge in [0.15, 0.2) is 0 Å². The lowest BCUT2D eigenvalue weighted by Crippen LogP contribution is -2.66. The summed E-state index contributed by atoms with van der Waals surface area (Å²) in [6, 6.07) is 0. The van der Waals surface area contributed by atoms with Crippen LogP contribution in [0.25, 0.3) is 0 Å². The van der Waals surface area contributed by atoms with Crippen molar-refractivity contribution in [3.05, 3.63) is 0 Å². The quantitative estimate of drug-likeness (QED) is 0.0539. The summed E-state index contributed by atoms with van der Waals surface area (Å²) in [6.45, 7) is 6.92. The Labute approximate surface area is 417 Å². The summed E-state index contributed by atoms with van der Waals surface area (Å²) in [5, 5.41) is 158. The highest BCUT2D eigenvalue weighted by atomic mass is 16.5. The van der Waals surface area contributed by atoms with E-state index in [1.165, 1.54) is 0 Å². The Morgan fingerprint density at radius 1 is 0.361 bits per heavy atom. The highest BCUT2D eigenvalue weighted by Crippen LogP contribution is 2.62. The number of aliphatic carboxylic acids is 9. The van der Waals surface area contributed by atoms with Gasteiger partial charge in [-0.25, -0.2) is 0 Å². The van der Waals surface area contributed by atoms with Crippen LogP contribution in [0.3, 0.4) is 0 Å². The molecule has 72 heavy (non-hydrogen) atoms. The zero-order valence-electron chi connectivity index (χ0n) is 42.7. The highest BCUT2D eigenvalue weighted by Gasteiger charge is 2.67. The lowest BCUT2D eigenvalue weighted by atomic mass is 9.47. The Hall–Kier alpha value is -5.70. The van der Waals surface area contributed by atoms with Crippen LogP contribution in [0, 0.1) is 10.8 Å². The molecule has 0 aromatic heterocycles. The standard InChI is InChI=1S/C24H48O12.9C2H4O2/c1-2-35-20(33)22(5-12-27,19-21(34,3-10-25)4-11-26)23(6-13-28,7-14-29)24(8-15-30,9-16-31)36-18-17-32;9*1-2(3)4/h25-32,34H,2-19H2,1H3;9*1H3,(H,3,4). The van der Waals surface area contributed by atoms with Crippen LogP contribution in [0.15, 0.2) is 0 Å². The molecule has 1 atom stereocenters. The molecule has 0 aromatic rings. The Morgan fingerprint density at radius 2 is 0.583 bits per heavy atom. The second-order valence-corrected chi connectivity index (χ2v) is 13.8. The molecule has 0 bridgehead atoms. The third-order valence-corrected chi connectivity index (χ3v) is 7.36. The number of carbonyl (C=O) groups excluding carboxylic acids is 1. The first kappa shape index (κ1) is 89.2. The van der Waals surface area contributed by atoms with Crippen LogP contribution in [-0.4, -0.2) is 229 Å². The summed E-state index contributed by atoms with van der Waals surface area (Å²) in [7, 11) is 0. The maximum Gasteiger partial charge on any atom is 0.312 e. The van der Waals surface area contributed by atoms with Crippen molar-refractivity contribution in [3.8, 4) is 0 Å². The van der Waals surface area contributed by atoms with Crippen molar-refractivity contribution in [2.75, 3.05) is 66.1 Å². The maximum absolute atomic E-state index is 13.9. The van der Waals surface area contributed by atoms with Crippen LogP contribution in [0.1, 0.15) is 121 Å². The normalized spacial score (nSPS) is 10.4. The Bertz CT molecular complexity index is 1190. The van der Waals surface area contributed by atoms with Crippen LogP contribution in [0.2, 0.25) is 0 Å². The van der Waals surface area contributed by atoms with E-state index in [4.69, 9.17) is 98.6 Å². The van der Waals surface area contributed by atoms with E-state index >= 15 is 0 Å². The summed E-state index contributed by atoms with van der Waals surface area (Å²) in [5.74, 6) is -8.37. The van der Waals surface area contributed by atoms with Gasteiger partial charge in [-0.3, -0.25) is 47.9 Å². The molecule has 30 heteroatoms. The number of aliphatic hydroxyl groups excluding tert-OH is 8. The topological polar surface area (TPSA) is 553 Å². The summed E-state index contributed by atoms with van der Waals surface area (Å²) in [5.41, 5.74) is -7.01. The molecule has 432 valence electrons. The minimum Gasteiger partial charge on any atom is -0.481 e. The predicted octanol–water partition coefficient (Wildman–Crippen LogP) is -1.11. The van der Waals surface area contributed by atoms with Gasteiger partial charge in [0.1, 0.15) is 0 Å². The fraction of sp³-hybridized carbons (Fsp3) is 0.762. The Morgan fingerprint density at radius 3 is 0.764 bits per heavy atom. The number of hydrogen-bond donors (Lipinski definition) is 18. The number of esters is 1. The summed E-state index contributed by atoms with van der Waals surface area (Å²) in [4.78, 5) is 94.9. The molecular formula is C42H84O30. The number of rotatable bonds is 23. The van der Waals surface area contributed by atoms with Crippen molar-refractivity contribution < 1.29 is 149 Å². The van der Waals surface area contributed by atoms with Crippen LogP contribution in [0.4, 0.5) is 0 Å². The molecule has 0 aliphatic heterocycles. The fourth-order valence-corrected chi connectivity index (χ4v) is 5.97. The molecule has 0 fully saturated rings. The lowest BCUT2D eigenvalue weighted by molar-refractivity contribution is -0.243. The smallest absolute Gasteiger partial charge is 0.312 e. The van der Waals surface area contributed by atoms with Gasteiger partial charge in [0.2, 0.25) is 0 Å². The van der Waals surface area contributed by atoms with E-state index in [9.17, 15) is 50.8 Å². The van der Waals surface area contributed by atoms with E-state index in [0.717, 1.165) is 62.3 Å². The summed E-state index contributed by atoms with van der Waals surface area (Å²) >= 11 is 0. The van der Waals surface area contributed by atoms with Crippen molar-refractivity contribution in [1.82, 2.24) is 0 Å². The second-order valence-electron chi connectivity index (χ2n) is 13.8. The van der Waals surface area contributed by atoms with Crippen LogP contribution in [-0.2, 0) is 57.4 Å². The number of aliphatic hydroxyl groups is 9. The molecule has 0 heterocycles. The van der Waals surface area contributed by atoms with Crippen molar-refractivity contribution in [2.45, 2.75) is 132 Å². The van der Waals surface area contributed by atoms with Crippen molar-refractivity contribution >= 4 is 59.7 Å². The molecule has 0 amide bonds. The van der Waals surface area contributed by atoms with Gasteiger partial charge < -0.3 is 101 Å². The molecule has 0 aliphatic carbocycles. The Kier molecular flexibility index (Phi) is 71.7. The molecule has 0 spiro atoms. The molecule has 18 N–H and O–H groups in total. The van der Waals surface area contributed by atoms with E-state index in [2.05, 4.69) is 0 Å². The van der Waals surface area contributed by atoms with Gasteiger partial charge in [-0.2, -0.15) is 0 Å². The number of ether oxygens (including phenoxy) is 2. The minimum absolute atomic E-state index is 0.0801. The van der Waals surface area contributed by atoms with Gasteiger partial charge in [-0.05, 0) is 45.4 Å². The molecule has 1 unspecified atom stereocenters. The van der Waals surface area contributed by atoms with Crippen LogP contribution >= 0.6 is 0 Å². The molecule has 0 aliphatic rings. The van der Waals surface area contributed by atoms with Gasteiger partial charge in [0.05, 0.1) is 36.4 Å². The molecule has 0 radical (unpaired) electrons. The van der Waals surface area contributed by atoms with Crippen molar-refractivity contribution in [2.24, 2.45) is 10.8 Å². The predicted molar refractivity (Wildman–Crippen MR) is 249 cm³/mol. The second kappa shape index (κ2) is 57.9. The number of carbonyl (C=O) groups is 10. The maximum atomic E-state index is 13.9. The van der Waals surface area contributed by atoms with Crippen molar-refractivity contribution in [1.29, 1.82) is 0 Å². The zero-order chi connectivity index (χ0) is 59.9. The van der Waals surface area contributed by atoms with E-state index in [1.807, 2.05) is 0 Å². The third-order valence-electron chi connectivity index (χ3n) is 7.36. The molecule has 30 nitrogen and oxygen atoms in total. The molecule has 0 rings (SSSR count). The minimum atomic E-state index is -1.89. The first-order chi connectivity index (χ1) is 32.8. The van der Waals surface area contributed by atoms with Gasteiger partial charge >= 0.3 is 5.97 Å². The largest absolute Gasteiger partial charge is 0.481 e. The van der Waals surface area contributed by atoms with Crippen LogP contribution < -0.4 is 0 Å². The highest BCUT2D eigenvalue weighted by molar-refractivity contribution is 5.79. The first-order valence-corrected chi connectivity index (χ1v) is 20.9. The third kappa shape index (κ3) is 70.9. The monoisotopic (exact) mass is 1070 g/mol. The molecular weight excluding hydrogens is 984 g/mol. The fourth-order valence-electron chi connectivity index (χ4n) is 5.97. The van der Waals surface area contributed by atoms with Gasteiger partial charge in [0.25, 0.3) is 53.7 Å². The van der Waals surface area contributed by atoms with Crippen molar-refractivity contribution in [3.63, 3.8) is 0 Å². The van der Waals surface area contributed by atoms with Gasteiger partial charge in [-0.1, -0.05) is 0 Å². The Balaban J connectivity index is -0.000000106. The van der Waals surface area contributed by atoms with E-state index < -0.39 is 141 Å². The van der Waals surface area contributed by atoms with Gasteiger partial charge in [0, 0.05) is 127 Å². The SMILES string of the molecule is CC(=O)O.CC(=O)O.CC(=O)O.CC(=O)O.CC(=O)O.CC(=O)O.CC(=O)O.CC(=O)O.CC(=O)O.CCOC(=O)C(CCO)(CC(O)(CCO)CCO)C(CCO)(CCO)C(CCO)(CCO)OCCO. The van der Waals surface area contributed by atoms with Gasteiger partial charge in [-0.15, -0.1) is 0 Å². The lowest BCUT2D eigenvalue weighted by Gasteiger charge is -2.60. The first-order valence-electron chi connectivity index (χ1n) is 20.9. The van der Waals surface area contributed by atoms with Crippen LogP contribution in [0.5, 0.6) is 0 Å². The summed E-state index contributed by atoms with van der Waals surface area (Å²) < 4.78 is 11.5. The number of carboxylic acids is 9. The van der Waals surface area contributed by atoms with E-state index in [-0.39, 0.29) is 58.2 Å². The van der Waals surface area contributed by atoms with E-state index in [1.54, 1.807) is 6.92 Å². The number of hydrogen-bond acceptors (Lipinski definition) is 21. The molecule has 0 saturated heterocycles. The van der Waals surface area contributed by atoms with E-state index in [0.29, 0.717) is 0 Å². The summed E-state index contributed by atoms with van der Waals surface area (Å²) in [6.07, 6.45) is -2.08. The zero-order valence-corrected chi connectivity index (χ0v) is 42.7. The average molecular weight is 1070 g/mol. The molecule has 0 aromatic carbocycles. The average Bonchev–Trinajstić information content (AvgIpc) is 3.15. The number of carboxylic acid groups (broad SMARTS) is 9.